The van der Waals surface area contributed by atoms with Gasteiger partial charge in [0.1, 0.15) is 0 Å². The largest absolute Gasteiger partial charge is 1.00 e. The van der Waals surface area contributed by atoms with E-state index in [0.717, 1.165) is 0 Å². The van der Waals surface area contributed by atoms with Crippen LogP contribution in [-0.2, 0) is 0 Å². The Balaban J connectivity index is 0. The Bertz CT molecular complexity index is 26.0. The SMILES string of the molecule is C.C.C.C.C.C.C.C.C.C.C.C.C.C.C.C.C.C.C.[H+].[H+].[H-].[HH].[HH].[HH].[K+]. The van der Waals surface area contributed by atoms with Crippen molar-refractivity contribution in [2.24, 2.45) is 0 Å². The first-order valence-electron chi connectivity index (χ1n) is 0. The minimum Gasteiger partial charge on any atom is -1.00 e. The van der Waals surface area contributed by atoms with Gasteiger partial charge in [-0.05, 0) is 0 Å². The fourth-order valence-corrected chi connectivity index (χ4v) is 0. The zero-order valence-corrected chi connectivity index (χ0v) is 4.12. The van der Waals surface area contributed by atoms with Gasteiger partial charge in [-0.15, -0.1) is 0 Å². The molecule has 0 aromatic carbocycles. The molecule has 0 amide bonds. The molecule has 0 radical (unpaired) electrons. The first kappa shape index (κ1) is 3440. The average Bonchev–Trinajstić information content (AvgIpc) is 0. The van der Waals surface area contributed by atoms with Crippen molar-refractivity contribution in [1.82, 2.24) is 0 Å². The van der Waals surface area contributed by atoms with Gasteiger partial charge in [0.2, 0.25) is 0 Å². The van der Waals surface area contributed by atoms with Crippen LogP contribution in [0.25, 0.3) is 0 Å². The Hall–Kier alpha value is 1.64. The molecule has 0 N–H and O–H groups in total. The molecule has 0 saturated heterocycles. The topological polar surface area (TPSA) is 0 Å². The van der Waals surface area contributed by atoms with E-state index in [0.29, 0.717) is 0 Å². The maximum absolute atomic E-state index is 0. The summed E-state index contributed by atoms with van der Waals surface area (Å²) in [7, 11) is 0. The van der Waals surface area contributed by atoms with Gasteiger partial charge < -0.3 is 1.43 Å². The maximum atomic E-state index is 0. The number of hydrogen-bond donors (Lipinski definition) is 0. The minimum atomic E-state index is 0. The van der Waals surface area contributed by atoms with Crippen LogP contribution in [0.1, 0.15) is 150 Å². The second-order valence-corrected chi connectivity index (χ2v) is 0. The molecule has 0 saturated carbocycles. The van der Waals surface area contributed by atoms with Crippen LogP contribution in [0.4, 0.5) is 0 Å². The molecule has 0 heterocycles. The van der Waals surface area contributed by atoms with Gasteiger partial charge >= 0.3 is 54.2 Å². The fraction of sp³-hybridized carbons (Fsp3) is 1.00. The second kappa shape index (κ2) is 2970. The molecule has 20 heavy (non-hydrogen) atoms. The average molecular weight is 353 g/mol. The standard InChI is InChI=1S/19CH4.K.3H2.H/h19*1H4;;3*1H;/q;;;;;;;;;;;;;;;;;;;+1;;;;-1/p+2. The van der Waals surface area contributed by atoms with Gasteiger partial charge in [0.15, 0.2) is 0 Å². The van der Waals surface area contributed by atoms with Crippen LogP contribution >= 0.6 is 0 Å². The first-order valence-corrected chi connectivity index (χ1v) is 0. The van der Waals surface area contributed by atoms with Crippen LogP contribution in [0.5, 0.6) is 0 Å². The van der Waals surface area contributed by atoms with E-state index in [1.54, 1.807) is 0 Å². The molecular formula is C19H85K+2. The van der Waals surface area contributed by atoms with Gasteiger partial charge in [-0.2, -0.15) is 0 Å². The van der Waals surface area contributed by atoms with Crippen LogP contribution in [0.2, 0.25) is 0 Å². The molecule has 0 nitrogen and oxygen atoms in total. The van der Waals surface area contributed by atoms with Gasteiger partial charge in [0.05, 0.1) is 0 Å². The summed E-state index contributed by atoms with van der Waals surface area (Å²) in [6.07, 6.45) is 0. The van der Waals surface area contributed by atoms with Crippen molar-refractivity contribution in [1.29, 1.82) is 0 Å². The Morgan fingerprint density at radius 2 is 0.250 bits per heavy atom. The summed E-state index contributed by atoms with van der Waals surface area (Å²) < 4.78 is 0. The van der Waals surface area contributed by atoms with Crippen molar-refractivity contribution in [2.75, 3.05) is 0 Å². The zero-order chi connectivity index (χ0) is 0. The molecule has 0 rings (SSSR count). The normalized spacial score (nSPS) is 0. The van der Waals surface area contributed by atoms with E-state index in [-0.39, 0.29) is 201 Å². The summed E-state index contributed by atoms with van der Waals surface area (Å²) >= 11 is 0. The van der Waals surface area contributed by atoms with Crippen LogP contribution in [0, 0.1) is 0 Å². The molecule has 0 fully saturated rings. The molecule has 0 atom stereocenters. The predicted octanol–water partition coefficient (Wildman–Crippen LogP) is 10.2. The predicted molar refractivity (Wildman–Crippen MR) is 138 cm³/mol. The third-order valence-corrected chi connectivity index (χ3v) is 0. The number of rotatable bonds is 0. The zero-order valence-electron chi connectivity index (χ0n) is 4.00. The molecule has 160 valence electrons. The van der Waals surface area contributed by atoms with Crippen molar-refractivity contribution in [2.45, 2.75) is 141 Å². The molecule has 0 unspecified atom stereocenters. The summed E-state index contributed by atoms with van der Waals surface area (Å²) in [6.45, 7) is 0. The first-order chi connectivity index (χ1) is 0. The third-order valence-electron chi connectivity index (χ3n) is 0. The van der Waals surface area contributed by atoms with Gasteiger partial charge in [-0.25, -0.2) is 0 Å². The smallest absolute Gasteiger partial charge is 1.00 e. The van der Waals surface area contributed by atoms with Crippen molar-refractivity contribution in [3.63, 3.8) is 0 Å². The fourth-order valence-electron chi connectivity index (χ4n) is 0. The molecule has 0 aromatic rings. The van der Waals surface area contributed by atoms with E-state index in [9.17, 15) is 0 Å². The molecule has 1 heteroatoms. The Labute approximate surface area is 199 Å². The Morgan fingerprint density at radius 1 is 0.250 bits per heavy atom. The Kier molecular flexibility index (Phi) is 511000. The minimum absolute atomic E-state index is 0. The summed E-state index contributed by atoms with van der Waals surface area (Å²) in [4.78, 5) is 0. The molecule has 0 spiro atoms. The van der Waals surface area contributed by atoms with E-state index in [1.807, 2.05) is 0 Å². The van der Waals surface area contributed by atoms with Crippen LogP contribution in [0.3, 0.4) is 0 Å². The van der Waals surface area contributed by atoms with Crippen molar-refractivity contribution in [3.05, 3.63) is 0 Å². The molecule has 0 aromatic heterocycles. The molecule has 0 aliphatic heterocycles. The summed E-state index contributed by atoms with van der Waals surface area (Å²) in [5, 5.41) is 0. The van der Waals surface area contributed by atoms with Crippen LogP contribution in [-0.4, -0.2) is 0 Å². The van der Waals surface area contributed by atoms with E-state index < -0.39 is 0 Å². The van der Waals surface area contributed by atoms with Crippen molar-refractivity contribution < 1.29 is 59.9 Å². The third kappa shape index (κ3) is 2550. The van der Waals surface area contributed by atoms with E-state index in [2.05, 4.69) is 0 Å². The van der Waals surface area contributed by atoms with Gasteiger partial charge in [-0.3, -0.25) is 0 Å². The van der Waals surface area contributed by atoms with Crippen LogP contribution in [0.15, 0.2) is 0 Å². The summed E-state index contributed by atoms with van der Waals surface area (Å²) in [6, 6.07) is 0. The summed E-state index contributed by atoms with van der Waals surface area (Å²) in [5.41, 5.74) is 0. The van der Waals surface area contributed by atoms with Gasteiger partial charge in [0, 0.05) is 4.28 Å². The summed E-state index contributed by atoms with van der Waals surface area (Å²) in [5.74, 6) is 0. The van der Waals surface area contributed by atoms with E-state index >= 15 is 0 Å². The van der Waals surface area contributed by atoms with Crippen molar-refractivity contribution >= 4 is 0 Å². The monoisotopic (exact) mass is 353 g/mol. The second-order valence-electron chi connectivity index (χ2n) is 0. The van der Waals surface area contributed by atoms with Crippen LogP contribution < -0.4 is 51.4 Å². The molecular weight excluding hydrogens is 267 g/mol. The van der Waals surface area contributed by atoms with E-state index in [4.69, 9.17) is 0 Å². The molecule has 0 bridgehead atoms. The van der Waals surface area contributed by atoms with E-state index in [1.165, 1.54) is 0 Å². The quantitative estimate of drug-likeness (QED) is 0.380. The van der Waals surface area contributed by atoms with Crippen molar-refractivity contribution in [3.8, 4) is 0 Å². The van der Waals surface area contributed by atoms with Gasteiger partial charge in [-0.1, -0.05) is 141 Å². The molecule has 0 aliphatic carbocycles. The Morgan fingerprint density at radius 3 is 0.250 bits per heavy atom. The van der Waals surface area contributed by atoms with Gasteiger partial charge in [0.25, 0.3) is 0 Å². The molecule has 0 aliphatic rings. The maximum Gasteiger partial charge on any atom is 1.00 e. The number of hydrogen-bond acceptors (Lipinski definition) is 0.